The van der Waals surface area contributed by atoms with E-state index in [9.17, 15) is 4.79 Å². The average Bonchev–Trinajstić information content (AvgIpc) is 3.02. The summed E-state index contributed by atoms with van der Waals surface area (Å²) in [6.07, 6.45) is 8.25. The maximum atomic E-state index is 12.9. The standard InChI is InChI=1S/C18H26N6O/c1-4-24-12-15(13(2)22-24)18(25)23-9-5-6-14(11-23)10-16-17(19-3)21-8-7-20-16/h7-8,12,14H,4-6,9-11H2,1-3H3,(H,19,21)/t14-/m0/s1. The van der Waals surface area contributed by atoms with Gasteiger partial charge in [0.25, 0.3) is 5.91 Å². The molecule has 3 rings (SSSR count). The van der Waals surface area contributed by atoms with Crippen LogP contribution >= 0.6 is 0 Å². The first-order chi connectivity index (χ1) is 12.1. The maximum absolute atomic E-state index is 12.9. The maximum Gasteiger partial charge on any atom is 0.257 e. The zero-order valence-electron chi connectivity index (χ0n) is 15.2. The number of anilines is 1. The molecule has 0 spiro atoms. The van der Waals surface area contributed by atoms with Gasteiger partial charge < -0.3 is 10.2 Å². The minimum Gasteiger partial charge on any atom is -0.372 e. The number of aryl methyl sites for hydroxylation is 2. The minimum absolute atomic E-state index is 0.0925. The lowest BCUT2D eigenvalue weighted by atomic mass is 9.92. The third-order valence-corrected chi connectivity index (χ3v) is 4.80. The number of hydrogen-bond acceptors (Lipinski definition) is 5. The molecule has 3 heterocycles. The van der Waals surface area contributed by atoms with Crippen LogP contribution in [0, 0.1) is 12.8 Å². The van der Waals surface area contributed by atoms with Crippen LogP contribution in [0.5, 0.6) is 0 Å². The van der Waals surface area contributed by atoms with E-state index in [0.29, 0.717) is 5.92 Å². The van der Waals surface area contributed by atoms with Crippen molar-refractivity contribution in [3.63, 3.8) is 0 Å². The van der Waals surface area contributed by atoms with E-state index in [1.807, 2.05) is 36.7 Å². The molecule has 7 heteroatoms. The molecule has 1 fully saturated rings. The van der Waals surface area contributed by atoms with Crippen LogP contribution in [0.2, 0.25) is 0 Å². The van der Waals surface area contributed by atoms with Crippen molar-refractivity contribution < 1.29 is 4.79 Å². The molecule has 7 nitrogen and oxygen atoms in total. The Balaban J connectivity index is 1.70. The summed E-state index contributed by atoms with van der Waals surface area (Å²) in [5, 5.41) is 7.49. The van der Waals surface area contributed by atoms with Gasteiger partial charge in [-0.05, 0) is 39.0 Å². The highest BCUT2D eigenvalue weighted by atomic mass is 16.2. The average molecular weight is 342 g/mol. The summed E-state index contributed by atoms with van der Waals surface area (Å²) < 4.78 is 1.82. The second-order valence-corrected chi connectivity index (χ2v) is 6.55. The molecule has 0 unspecified atom stereocenters. The van der Waals surface area contributed by atoms with Gasteiger partial charge in [0.2, 0.25) is 0 Å². The van der Waals surface area contributed by atoms with E-state index in [0.717, 1.165) is 61.7 Å². The van der Waals surface area contributed by atoms with Gasteiger partial charge in [-0.1, -0.05) is 0 Å². The molecule has 0 radical (unpaired) electrons. The summed E-state index contributed by atoms with van der Waals surface area (Å²) in [4.78, 5) is 23.7. The van der Waals surface area contributed by atoms with E-state index in [-0.39, 0.29) is 5.91 Å². The molecule has 1 aliphatic rings. The lowest BCUT2D eigenvalue weighted by Gasteiger charge is -2.32. The molecule has 1 aliphatic heterocycles. The van der Waals surface area contributed by atoms with E-state index in [1.54, 1.807) is 12.4 Å². The highest BCUT2D eigenvalue weighted by Crippen LogP contribution is 2.24. The zero-order chi connectivity index (χ0) is 17.8. The number of nitrogens with one attached hydrogen (secondary N) is 1. The van der Waals surface area contributed by atoms with Gasteiger partial charge in [0, 0.05) is 45.3 Å². The summed E-state index contributed by atoms with van der Waals surface area (Å²) in [5.74, 6) is 1.32. The van der Waals surface area contributed by atoms with Crippen LogP contribution in [0.1, 0.15) is 41.5 Å². The third-order valence-electron chi connectivity index (χ3n) is 4.80. The molecule has 1 N–H and O–H groups in total. The van der Waals surface area contributed by atoms with Crippen molar-refractivity contribution in [2.24, 2.45) is 5.92 Å². The van der Waals surface area contributed by atoms with Crippen LogP contribution in [0.25, 0.3) is 0 Å². The Bertz CT molecular complexity index is 741. The number of carbonyl (C=O) groups excluding carboxylic acids is 1. The highest BCUT2D eigenvalue weighted by molar-refractivity contribution is 5.95. The normalized spacial score (nSPS) is 17.6. The quantitative estimate of drug-likeness (QED) is 0.901. The van der Waals surface area contributed by atoms with Gasteiger partial charge in [-0.25, -0.2) is 4.98 Å². The molecule has 1 amide bonds. The van der Waals surface area contributed by atoms with Gasteiger partial charge in [0.1, 0.15) is 5.82 Å². The third kappa shape index (κ3) is 3.81. The molecule has 0 saturated carbocycles. The van der Waals surface area contributed by atoms with E-state index in [2.05, 4.69) is 20.4 Å². The Morgan fingerprint density at radius 2 is 2.16 bits per heavy atom. The number of carbonyl (C=O) groups is 1. The van der Waals surface area contributed by atoms with Crippen molar-refractivity contribution in [3.05, 3.63) is 35.5 Å². The summed E-state index contributed by atoms with van der Waals surface area (Å²) in [6, 6.07) is 0. The first-order valence-corrected chi connectivity index (χ1v) is 8.93. The van der Waals surface area contributed by atoms with Gasteiger partial charge in [0.15, 0.2) is 0 Å². The molecule has 1 atom stereocenters. The molecular formula is C18H26N6O. The van der Waals surface area contributed by atoms with Gasteiger partial charge in [0.05, 0.1) is 17.0 Å². The Hall–Kier alpha value is -2.44. The van der Waals surface area contributed by atoms with Crippen LogP contribution in [-0.2, 0) is 13.0 Å². The van der Waals surface area contributed by atoms with E-state index < -0.39 is 0 Å². The number of hydrogen-bond donors (Lipinski definition) is 1. The van der Waals surface area contributed by atoms with Gasteiger partial charge >= 0.3 is 0 Å². The lowest BCUT2D eigenvalue weighted by molar-refractivity contribution is 0.0672. The molecule has 0 aliphatic carbocycles. The topological polar surface area (TPSA) is 75.9 Å². The first-order valence-electron chi connectivity index (χ1n) is 8.93. The van der Waals surface area contributed by atoms with Crippen LogP contribution in [0.3, 0.4) is 0 Å². The molecule has 2 aromatic rings. The second-order valence-electron chi connectivity index (χ2n) is 6.55. The first kappa shape index (κ1) is 17.4. The fourth-order valence-electron chi connectivity index (χ4n) is 3.47. The highest BCUT2D eigenvalue weighted by Gasteiger charge is 2.27. The van der Waals surface area contributed by atoms with Crippen LogP contribution in [-0.4, -0.2) is 50.7 Å². The molecule has 2 aromatic heterocycles. The van der Waals surface area contributed by atoms with Crippen molar-refractivity contribution in [1.29, 1.82) is 0 Å². The number of nitrogens with zero attached hydrogens (tertiary/aromatic N) is 5. The van der Waals surface area contributed by atoms with Crippen molar-refractivity contribution in [2.45, 2.75) is 39.7 Å². The number of amides is 1. The molecule has 134 valence electrons. The fraction of sp³-hybridized carbons (Fsp3) is 0.556. The molecule has 1 saturated heterocycles. The lowest BCUT2D eigenvalue weighted by Crippen LogP contribution is -2.40. The van der Waals surface area contributed by atoms with Crippen molar-refractivity contribution in [2.75, 3.05) is 25.5 Å². The number of rotatable bonds is 5. The predicted octanol–water partition coefficient (Wildman–Crippen LogP) is 2.14. The van der Waals surface area contributed by atoms with Gasteiger partial charge in [-0.2, -0.15) is 5.10 Å². The van der Waals surface area contributed by atoms with Crippen LogP contribution in [0.4, 0.5) is 5.82 Å². The van der Waals surface area contributed by atoms with Crippen molar-refractivity contribution in [3.8, 4) is 0 Å². The van der Waals surface area contributed by atoms with E-state index in [1.165, 1.54) is 0 Å². The van der Waals surface area contributed by atoms with Gasteiger partial charge in [-0.3, -0.25) is 14.5 Å². The smallest absolute Gasteiger partial charge is 0.257 e. The summed E-state index contributed by atoms with van der Waals surface area (Å²) >= 11 is 0. The van der Waals surface area contributed by atoms with Gasteiger partial charge in [-0.15, -0.1) is 0 Å². The monoisotopic (exact) mass is 342 g/mol. The van der Waals surface area contributed by atoms with E-state index >= 15 is 0 Å². The summed E-state index contributed by atoms with van der Waals surface area (Å²) in [6.45, 7) is 6.27. The zero-order valence-corrected chi connectivity index (χ0v) is 15.2. The SMILES string of the molecule is CCn1cc(C(=O)N2CCC[C@@H](Cc3nccnc3NC)C2)c(C)n1. The Labute approximate surface area is 148 Å². The second kappa shape index (κ2) is 7.63. The van der Waals surface area contributed by atoms with Crippen molar-refractivity contribution >= 4 is 11.7 Å². The predicted molar refractivity (Wildman–Crippen MR) is 96.5 cm³/mol. The molecule has 25 heavy (non-hydrogen) atoms. The van der Waals surface area contributed by atoms with Crippen LogP contribution < -0.4 is 5.32 Å². The number of piperidine rings is 1. The molecule has 0 aromatic carbocycles. The molecular weight excluding hydrogens is 316 g/mol. The van der Waals surface area contributed by atoms with Crippen molar-refractivity contribution in [1.82, 2.24) is 24.6 Å². The largest absolute Gasteiger partial charge is 0.372 e. The Kier molecular flexibility index (Phi) is 5.31. The number of likely N-dealkylation sites (tertiary alicyclic amines) is 1. The Morgan fingerprint density at radius 1 is 1.36 bits per heavy atom. The summed E-state index contributed by atoms with van der Waals surface area (Å²) in [7, 11) is 1.86. The molecule has 0 bridgehead atoms. The van der Waals surface area contributed by atoms with Crippen LogP contribution in [0.15, 0.2) is 18.6 Å². The minimum atomic E-state index is 0.0925. The summed E-state index contributed by atoms with van der Waals surface area (Å²) in [5.41, 5.74) is 2.50. The Morgan fingerprint density at radius 3 is 2.88 bits per heavy atom. The van der Waals surface area contributed by atoms with E-state index in [4.69, 9.17) is 0 Å². The number of aromatic nitrogens is 4. The fourth-order valence-corrected chi connectivity index (χ4v) is 3.47.